The lowest BCUT2D eigenvalue weighted by molar-refractivity contribution is 0.343. The Morgan fingerprint density at radius 2 is 2.14 bits per heavy atom. The van der Waals surface area contributed by atoms with Gasteiger partial charge in [-0.2, -0.15) is 0 Å². The number of aryl methyl sites for hydroxylation is 1. The van der Waals surface area contributed by atoms with E-state index in [1.54, 1.807) is 6.08 Å². The molecule has 0 radical (unpaired) electrons. The summed E-state index contributed by atoms with van der Waals surface area (Å²) < 4.78 is 5.56. The van der Waals surface area contributed by atoms with Crippen LogP contribution in [0.3, 0.4) is 0 Å². The van der Waals surface area contributed by atoms with E-state index in [0.717, 1.165) is 22.3 Å². The predicted molar refractivity (Wildman–Crippen MR) is 57.1 cm³/mol. The molecule has 2 nitrogen and oxygen atoms in total. The van der Waals surface area contributed by atoms with Crippen molar-refractivity contribution in [1.29, 1.82) is 0 Å². The minimum absolute atomic E-state index is 0.0545. The first-order valence-electron chi connectivity index (χ1n) is 4.58. The average molecular weight is 188 g/mol. The van der Waals surface area contributed by atoms with E-state index in [9.17, 15) is 0 Å². The molecule has 0 saturated heterocycles. The monoisotopic (exact) mass is 188 g/mol. The van der Waals surface area contributed by atoms with Gasteiger partial charge in [-0.3, -0.25) is 0 Å². The molecule has 2 heteroatoms. The van der Waals surface area contributed by atoms with Crippen molar-refractivity contribution in [2.75, 3.05) is 6.61 Å². The van der Waals surface area contributed by atoms with Crippen LogP contribution >= 0.6 is 0 Å². The zero-order valence-corrected chi connectivity index (χ0v) is 8.03. The van der Waals surface area contributed by atoms with Gasteiger partial charge in [-0.05, 0) is 13.0 Å². The zero-order chi connectivity index (χ0) is 9.97. The number of furan rings is 1. The molecule has 2 aromatic rings. The predicted octanol–water partition coefficient (Wildman–Crippen LogP) is 2.75. The summed E-state index contributed by atoms with van der Waals surface area (Å²) in [5.41, 5.74) is 1.94. The molecule has 1 heterocycles. The van der Waals surface area contributed by atoms with E-state index in [0.29, 0.717) is 0 Å². The van der Waals surface area contributed by atoms with Gasteiger partial charge in [0.2, 0.25) is 0 Å². The quantitative estimate of drug-likeness (QED) is 0.786. The third-order valence-electron chi connectivity index (χ3n) is 2.21. The molecule has 0 aliphatic heterocycles. The minimum Gasteiger partial charge on any atom is -0.461 e. The molecule has 1 aromatic heterocycles. The number of aliphatic hydroxyl groups excluding tert-OH is 1. The number of fused-ring (bicyclic) bond motifs is 1. The largest absolute Gasteiger partial charge is 0.461 e. The Hall–Kier alpha value is -1.54. The summed E-state index contributed by atoms with van der Waals surface area (Å²) >= 11 is 0. The van der Waals surface area contributed by atoms with Crippen LogP contribution in [0.15, 0.2) is 34.8 Å². The molecular weight excluding hydrogens is 176 g/mol. The Labute approximate surface area is 82.5 Å². The second-order valence-electron chi connectivity index (χ2n) is 3.15. The molecule has 0 spiro atoms. The van der Waals surface area contributed by atoms with Gasteiger partial charge in [0.25, 0.3) is 0 Å². The van der Waals surface area contributed by atoms with Gasteiger partial charge in [0.1, 0.15) is 11.3 Å². The lowest BCUT2D eigenvalue weighted by Crippen LogP contribution is -1.75. The van der Waals surface area contributed by atoms with Crippen LogP contribution in [0.2, 0.25) is 0 Å². The highest BCUT2D eigenvalue weighted by molar-refractivity contribution is 5.88. The lowest BCUT2D eigenvalue weighted by Gasteiger charge is -1.89. The van der Waals surface area contributed by atoms with E-state index in [1.807, 2.05) is 37.3 Å². The van der Waals surface area contributed by atoms with Crippen molar-refractivity contribution in [3.63, 3.8) is 0 Å². The highest BCUT2D eigenvalue weighted by atomic mass is 16.3. The van der Waals surface area contributed by atoms with Gasteiger partial charge in [0.15, 0.2) is 0 Å². The highest BCUT2D eigenvalue weighted by Crippen LogP contribution is 2.25. The van der Waals surface area contributed by atoms with Crippen molar-refractivity contribution in [1.82, 2.24) is 0 Å². The van der Waals surface area contributed by atoms with Crippen molar-refractivity contribution < 1.29 is 9.52 Å². The van der Waals surface area contributed by atoms with Crippen LogP contribution in [0.4, 0.5) is 0 Å². The van der Waals surface area contributed by atoms with Crippen LogP contribution in [-0.2, 0) is 0 Å². The number of benzene rings is 1. The molecule has 0 saturated carbocycles. The average Bonchev–Trinajstić information content (AvgIpc) is 2.51. The van der Waals surface area contributed by atoms with Crippen LogP contribution in [0.5, 0.6) is 0 Å². The molecule has 0 unspecified atom stereocenters. The summed E-state index contributed by atoms with van der Waals surface area (Å²) in [5.74, 6) is 0.885. The van der Waals surface area contributed by atoms with Crippen molar-refractivity contribution in [2.45, 2.75) is 6.92 Å². The van der Waals surface area contributed by atoms with Crippen LogP contribution < -0.4 is 0 Å². The van der Waals surface area contributed by atoms with E-state index >= 15 is 0 Å². The van der Waals surface area contributed by atoms with Crippen molar-refractivity contribution in [3.05, 3.63) is 41.7 Å². The molecule has 0 amide bonds. The third kappa shape index (κ3) is 1.44. The van der Waals surface area contributed by atoms with Crippen LogP contribution in [0, 0.1) is 6.92 Å². The molecule has 14 heavy (non-hydrogen) atoms. The molecule has 0 atom stereocenters. The van der Waals surface area contributed by atoms with E-state index < -0.39 is 0 Å². The topological polar surface area (TPSA) is 33.4 Å². The van der Waals surface area contributed by atoms with Gasteiger partial charge >= 0.3 is 0 Å². The Morgan fingerprint density at radius 1 is 1.36 bits per heavy atom. The van der Waals surface area contributed by atoms with Crippen LogP contribution in [0.25, 0.3) is 17.0 Å². The number of hydrogen-bond acceptors (Lipinski definition) is 2. The maximum atomic E-state index is 8.71. The van der Waals surface area contributed by atoms with E-state index in [-0.39, 0.29) is 6.61 Å². The second-order valence-corrected chi connectivity index (χ2v) is 3.15. The molecule has 0 fully saturated rings. The fourth-order valence-corrected chi connectivity index (χ4v) is 1.57. The van der Waals surface area contributed by atoms with Crippen molar-refractivity contribution in [3.8, 4) is 0 Å². The molecular formula is C12H12O2. The summed E-state index contributed by atoms with van der Waals surface area (Å²) in [5, 5.41) is 9.80. The smallest absolute Gasteiger partial charge is 0.134 e. The number of aliphatic hydroxyl groups is 1. The fourth-order valence-electron chi connectivity index (χ4n) is 1.57. The maximum absolute atomic E-state index is 8.71. The molecule has 0 aliphatic carbocycles. The Balaban J connectivity index is 2.62. The van der Waals surface area contributed by atoms with Crippen LogP contribution in [-0.4, -0.2) is 11.7 Å². The summed E-state index contributed by atoms with van der Waals surface area (Å²) in [4.78, 5) is 0. The van der Waals surface area contributed by atoms with Crippen LogP contribution in [0.1, 0.15) is 11.3 Å². The molecule has 2 rings (SSSR count). The van der Waals surface area contributed by atoms with Gasteiger partial charge < -0.3 is 9.52 Å². The fraction of sp³-hybridized carbons (Fsp3) is 0.167. The first-order valence-corrected chi connectivity index (χ1v) is 4.58. The lowest BCUT2D eigenvalue weighted by atomic mass is 10.1. The van der Waals surface area contributed by atoms with Gasteiger partial charge in [-0.15, -0.1) is 0 Å². The Bertz CT molecular complexity index is 466. The molecule has 1 N–H and O–H groups in total. The summed E-state index contributed by atoms with van der Waals surface area (Å²) in [6, 6.07) is 7.89. The SMILES string of the molecule is Cc1oc2ccccc2c1/C=C/CO. The highest BCUT2D eigenvalue weighted by Gasteiger charge is 2.06. The minimum atomic E-state index is 0.0545. The van der Waals surface area contributed by atoms with Gasteiger partial charge in [-0.1, -0.05) is 30.4 Å². The van der Waals surface area contributed by atoms with E-state index in [4.69, 9.17) is 9.52 Å². The molecule has 72 valence electrons. The Morgan fingerprint density at radius 3 is 2.93 bits per heavy atom. The molecule has 1 aromatic carbocycles. The summed E-state index contributed by atoms with van der Waals surface area (Å²) in [6.07, 6.45) is 3.60. The molecule has 0 bridgehead atoms. The molecule has 0 aliphatic rings. The van der Waals surface area contributed by atoms with Gasteiger partial charge in [0.05, 0.1) is 6.61 Å². The van der Waals surface area contributed by atoms with Crippen molar-refractivity contribution >= 4 is 17.0 Å². The third-order valence-corrected chi connectivity index (χ3v) is 2.21. The number of para-hydroxylation sites is 1. The van der Waals surface area contributed by atoms with Crippen molar-refractivity contribution in [2.24, 2.45) is 0 Å². The maximum Gasteiger partial charge on any atom is 0.134 e. The Kier molecular flexibility index (Phi) is 2.37. The van der Waals surface area contributed by atoms with Gasteiger partial charge in [-0.25, -0.2) is 0 Å². The van der Waals surface area contributed by atoms with E-state index in [2.05, 4.69) is 0 Å². The first kappa shape index (κ1) is 9.03. The van der Waals surface area contributed by atoms with Gasteiger partial charge in [0, 0.05) is 10.9 Å². The summed E-state index contributed by atoms with van der Waals surface area (Å²) in [7, 11) is 0. The number of hydrogen-bond donors (Lipinski definition) is 1. The standard InChI is InChI=1S/C12H12O2/c1-9-10(6-4-8-13)11-5-2-3-7-12(11)14-9/h2-7,13H,8H2,1H3/b6-4+. The first-order chi connectivity index (χ1) is 6.83. The zero-order valence-electron chi connectivity index (χ0n) is 8.03. The second kappa shape index (κ2) is 3.68. The van der Waals surface area contributed by atoms with E-state index in [1.165, 1.54) is 0 Å². The summed E-state index contributed by atoms with van der Waals surface area (Å²) in [6.45, 7) is 1.98. The normalized spacial score (nSPS) is 11.6. The number of rotatable bonds is 2.